The number of sulfonamides is 1. The number of amides is 2. The molecule has 0 unspecified atom stereocenters. The number of halogens is 3. The summed E-state index contributed by atoms with van der Waals surface area (Å²) in [5.41, 5.74) is -1.33. The van der Waals surface area contributed by atoms with Crippen LogP contribution in [0.15, 0.2) is 77.7 Å². The Morgan fingerprint density at radius 1 is 0.882 bits per heavy atom. The number of hydrogen-bond acceptors (Lipinski definition) is 4. The molecule has 0 spiro atoms. The van der Waals surface area contributed by atoms with E-state index in [0.29, 0.717) is 11.8 Å². The lowest BCUT2D eigenvalue weighted by atomic mass is 10.1. The van der Waals surface area contributed by atoms with Crippen LogP contribution in [0.3, 0.4) is 0 Å². The molecule has 0 saturated heterocycles. The van der Waals surface area contributed by atoms with Crippen LogP contribution in [0.5, 0.6) is 0 Å². The number of hydrogen-bond donors (Lipinski definition) is 2. The van der Waals surface area contributed by atoms with Crippen molar-refractivity contribution in [3.05, 3.63) is 83.9 Å². The minimum Gasteiger partial charge on any atom is -0.326 e. The van der Waals surface area contributed by atoms with E-state index < -0.39 is 39.3 Å². The van der Waals surface area contributed by atoms with Gasteiger partial charge in [-0.05, 0) is 54.6 Å². The van der Waals surface area contributed by atoms with E-state index in [1.165, 1.54) is 37.4 Å². The van der Waals surface area contributed by atoms with Crippen molar-refractivity contribution < 1.29 is 31.2 Å². The fraction of sp³-hybridized carbons (Fsp3) is 0.130. The van der Waals surface area contributed by atoms with E-state index in [9.17, 15) is 31.2 Å². The maximum absolute atomic E-state index is 13.5. The Morgan fingerprint density at radius 3 is 2.06 bits per heavy atom. The summed E-state index contributed by atoms with van der Waals surface area (Å²) >= 11 is 0. The summed E-state index contributed by atoms with van der Waals surface area (Å²) < 4.78 is 67.2. The van der Waals surface area contributed by atoms with Crippen LogP contribution in [0.25, 0.3) is 0 Å². The molecule has 3 aromatic carbocycles. The van der Waals surface area contributed by atoms with Crippen molar-refractivity contribution in [1.29, 1.82) is 0 Å². The Kier molecular flexibility index (Phi) is 6.96. The number of carbonyl (C=O) groups is 2. The van der Waals surface area contributed by atoms with Gasteiger partial charge in [0.2, 0.25) is 5.91 Å². The first-order valence-corrected chi connectivity index (χ1v) is 11.3. The molecule has 0 atom stereocenters. The van der Waals surface area contributed by atoms with Crippen LogP contribution in [0.1, 0.15) is 22.8 Å². The third-order valence-corrected chi connectivity index (χ3v) is 6.59. The fourth-order valence-electron chi connectivity index (χ4n) is 3.08. The number of carbonyl (C=O) groups excluding carboxylic acids is 2. The van der Waals surface area contributed by atoms with Gasteiger partial charge in [-0.2, -0.15) is 13.2 Å². The Morgan fingerprint density at radius 2 is 1.50 bits per heavy atom. The molecule has 0 aromatic heterocycles. The van der Waals surface area contributed by atoms with E-state index in [0.717, 1.165) is 17.3 Å². The average Bonchev–Trinajstić information content (AvgIpc) is 2.79. The number of anilines is 3. The molecule has 0 bridgehead atoms. The van der Waals surface area contributed by atoms with Gasteiger partial charge in [-0.15, -0.1) is 0 Å². The van der Waals surface area contributed by atoms with Crippen LogP contribution in [-0.4, -0.2) is 27.3 Å². The van der Waals surface area contributed by atoms with Gasteiger partial charge in [0, 0.05) is 25.2 Å². The molecular weight excluding hydrogens is 471 g/mol. The van der Waals surface area contributed by atoms with Crippen molar-refractivity contribution in [3.63, 3.8) is 0 Å². The molecule has 0 fully saturated rings. The first-order valence-electron chi connectivity index (χ1n) is 9.84. The second-order valence-corrected chi connectivity index (χ2v) is 9.20. The van der Waals surface area contributed by atoms with E-state index in [4.69, 9.17) is 0 Å². The van der Waals surface area contributed by atoms with Gasteiger partial charge < -0.3 is 10.6 Å². The zero-order valence-electron chi connectivity index (χ0n) is 18.1. The summed E-state index contributed by atoms with van der Waals surface area (Å²) in [4.78, 5) is 23.6. The van der Waals surface area contributed by atoms with E-state index >= 15 is 0 Å². The Hall–Kier alpha value is -3.86. The van der Waals surface area contributed by atoms with E-state index in [2.05, 4.69) is 10.6 Å². The largest absolute Gasteiger partial charge is 0.418 e. The van der Waals surface area contributed by atoms with Crippen molar-refractivity contribution >= 4 is 38.9 Å². The SMILES string of the molecule is CC(=O)Nc1ccc(NC(=O)c2ccc(S(=O)(=O)N(C)c3ccccc3)cc2)c(C(F)(F)F)c1. The highest BCUT2D eigenvalue weighted by Crippen LogP contribution is 2.37. The third kappa shape index (κ3) is 5.54. The molecule has 0 aliphatic carbocycles. The van der Waals surface area contributed by atoms with Crippen molar-refractivity contribution in [3.8, 4) is 0 Å². The molecule has 34 heavy (non-hydrogen) atoms. The Bertz CT molecular complexity index is 1310. The van der Waals surface area contributed by atoms with Crippen LogP contribution >= 0.6 is 0 Å². The smallest absolute Gasteiger partial charge is 0.326 e. The molecular formula is C23H20F3N3O4S. The summed E-state index contributed by atoms with van der Waals surface area (Å²) in [6.07, 6.45) is -4.79. The summed E-state index contributed by atoms with van der Waals surface area (Å²) in [5, 5.41) is 4.45. The van der Waals surface area contributed by atoms with Gasteiger partial charge in [-0.1, -0.05) is 18.2 Å². The van der Waals surface area contributed by atoms with Gasteiger partial charge in [0.25, 0.3) is 15.9 Å². The second kappa shape index (κ2) is 9.56. The van der Waals surface area contributed by atoms with Gasteiger partial charge in [0.05, 0.1) is 21.8 Å². The third-order valence-electron chi connectivity index (χ3n) is 4.79. The molecule has 0 aliphatic rings. The van der Waals surface area contributed by atoms with E-state index in [1.807, 2.05) is 0 Å². The van der Waals surface area contributed by atoms with Crippen LogP contribution in [0, 0.1) is 0 Å². The average molecular weight is 491 g/mol. The minimum atomic E-state index is -4.79. The molecule has 3 rings (SSSR count). The number of nitrogens with zero attached hydrogens (tertiary/aromatic N) is 1. The Balaban J connectivity index is 1.83. The van der Waals surface area contributed by atoms with Crippen LogP contribution in [0.2, 0.25) is 0 Å². The van der Waals surface area contributed by atoms with Gasteiger partial charge in [-0.3, -0.25) is 13.9 Å². The standard InChI is InChI=1S/C23H20F3N3O4S/c1-15(30)27-17-10-13-21(20(14-17)23(24,25)26)28-22(31)16-8-11-19(12-9-16)34(32,33)29(2)18-6-4-3-5-7-18/h3-14H,1-2H3,(H,27,30)(H,28,31). The van der Waals surface area contributed by atoms with Crippen LogP contribution in [0.4, 0.5) is 30.2 Å². The molecule has 0 radical (unpaired) electrons. The first kappa shape index (κ1) is 24.8. The lowest BCUT2D eigenvalue weighted by Crippen LogP contribution is -2.26. The van der Waals surface area contributed by atoms with Crippen molar-refractivity contribution in [1.82, 2.24) is 0 Å². The zero-order valence-corrected chi connectivity index (χ0v) is 18.9. The highest BCUT2D eigenvalue weighted by Gasteiger charge is 2.34. The van der Waals surface area contributed by atoms with Crippen molar-refractivity contribution in [2.24, 2.45) is 0 Å². The highest BCUT2D eigenvalue weighted by atomic mass is 32.2. The molecule has 0 saturated carbocycles. The summed E-state index contributed by atoms with van der Waals surface area (Å²) in [7, 11) is -2.53. The summed E-state index contributed by atoms with van der Waals surface area (Å²) in [6.45, 7) is 1.16. The normalized spacial score (nSPS) is 11.6. The maximum Gasteiger partial charge on any atom is 0.418 e. The van der Waals surface area contributed by atoms with Gasteiger partial charge in [-0.25, -0.2) is 8.42 Å². The van der Waals surface area contributed by atoms with Crippen molar-refractivity contribution in [2.75, 3.05) is 22.0 Å². The molecule has 2 amide bonds. The predicted molar refractivity (Wildman–Crippen MR) is 122 cm³/mol. The topological polar surface area (TPSA) is 95.6 Å². The molecule has 7 nitrogen and oxygen atoms in total. The maximum atomic E-state index is 13.5. The van der Waals surface area contributed by atoms with E-state index in [-0.39, 0.29) is 16.1 Å². The monoisotopic (exact) mass is 491 g/mol. The fourth-order valence-corrected chi connectivity index (χ4v) is 4.27. The minimum absolute atomic E-state index is 0.0413. The molecule has 2 N–H and O–H groups in total. The number of para-hydroxylation sites is 1. The molecule has 3 aromatic rings. The Labute approximate surface area is 194 Å². The number of benzene rings is 3. The van der Waals surface area contributed by atoms with E-state index in [1.54, 1.807) is 30.3 Å². The second-order valence-electron chi connectivity index (χ2n) is 7.23. The highest BCUT2D eigenvalue weighted by molar-refractivity contribution is 7.92. The molecule has 0 aliphatic heterocycles. The van der Waals surface area contributed by atoms with Crippen molar-refractivity contribution in [2.45, 2.75) is 18.0 Å². The molecule has 178 valence electrons. The van der Waals surface area contributed by atoms with Gasteiger partial charge in [0.15, 0.2) is 0 Å². The summed E-state index contributed by atoms with van der Waals surface area (Å²) in [5.74, 6) is -1.41. The lowest BCUT2D eigenvalue weighted by Gasteiger charge is -2.19. The summed E-state index contributed by atoms with van der Waals surface area (Å²) in [6, 6.07) is 16.1. The lowest BCUT2D eigenvalue weighted by molar-refractivity contribution is -0.137. The first-order chi connectivity index (χ1) is 15.9. The van der Waals surface area contributed by atoms with Crippen LogP contribution < -0.4 is 14.9 Å². The molecule has 0 heterocycles. The predicted octanol–water partition coefficient (Wildman–Crippen LogP) is 4.74. The number of rotatable bonds is 6. The number of alkyl halides is 3. The quantitative estimate of drug-likeness (QED) is 0.521. The van der Waals surface area contributed by atoms with Gasteiger partial charge >= 0.3 is 6.18 Å². The van der Waals surface area contributed by atoms with Gasteiger partial charge in [0.1, 0.15) is 0 Å². The number of nitrogens with one attached hydrogen (secondary N) is 2. The zero-order chi connectivity index (χ0) is 25.1. The van der Waals surface area contributed by atoms with Crippen LogP contribution in [-0.2, 0) is 21.0 Å². The molecule has 11 heteroatoms.